The van der Waals surface area contributed by atoms with E-state index in [9.17, 15) is 4.79 Å². The average molecular weight is 270 g/mol. The lowest BCUT2D eigenvalue weighted by Gasteiger charge is -2.07. The Kier molecular flexibility index (Phi) is 4.08. The molecule has 0 amide bonds. The highest BCUT2D eigenvalue weighted by Crippen LogP contribution is 2.29. The normalized spacial score (nSPS) is 12.7. The Morgan fingerprint density at radius 3 is 2.60 bits per heavy atom. The maximum atomic E-state index is 11.3. The molecular weight excluding hydrogens is 262 g/mol. The smallest absolute Gasteiger partial charge is 0.252 e. The lowest BCUT2D eigenvalue weighted by atomic mass is 10.3. The fourth-order valence-corrected chi connectivity index (χ4v) is 1.01. The highest BCUT2D eigenvalue weighted by Gasteiger charge is 2.29. The first kappa shape index (κ1) is 12.4. The number of ether oxygens (including phenoxy) is 1. The fraction of sp³-hybridized carbons (Fsp3) is 0.222. The molecule has 82 valence electrons. The number of rotatable bonds is 3. The average Bonchev–Trinajstić information content (AvgIpc) is 2.64. The molecule has 0 aliphatic rings. The number of carbonyl (C=O) groups is 1. The summed E-state index contributed by atoms with van der Waals surface area (Å²) in [4.78, 5) is 11.3. The fourth-order valence-electron chi connectivity index (χ4n) is 0.850. The summed E-state index contributed by atoms with van der Waals surface area (Å²) in [5.41, 5.74) is 0. The van der Waals surface area contributed by atoms with Gasteiger partial charge in [-0.2, -0.15) is 0 Å². The standard InChI is InChI=1S/C9H7Cl3O3/c1-14-7(6-3-2-4-15-6)5-8(13)9(10,11)12/h2-5H,1H3/b7-5-. The van der Waals surface area contributed by atoms with Crippen molar-refractivity contribution in [1.82, 2.24) is 0 Å². The summed E-state index contributed by atoms with van der Waals surface area (Å²) in [5, 5.41) is 0. The molecule has 1 heterocycles. The number of hydrogen-bond acceptors (Lipinski definition) is 3. The molecule has 0 bridgehead atoms. The monoisotopic (exact) mass is 268 g/mol. The topological polar surface area (TPSA) is 39.4 Å². The summed E-state index contributed by atoms with van der Waals surface area (Å²) in [6.07, 6.45) is 2.52. The second-order valence-corrected chi connectivity index (χ2v) is 4.83. The molecular formula is C9H7Cl3O3. The van der Waals surface area contributed by atoms with Crippen molar-refractivity contribution in [2.24, 2.45) is 0 Å². The van der Waals surface area contributed by atoms with Gasteiger partial charge in [-0.05, 0) is 12.1 Å². The summed E-state index contributed by atoms with van der Waals surface area (Å²) in [7, 11) is 1.39. The van der Waals surface area contributed by atoms with Gasteiger partial charge in [-0.25, -0.2) is 0 Å². The molecule has 0 saturated carbocycles. The van der Waals surface area contributed by atoms with Gasteiger partial charge in [-0.15, -0.1) is 0 Å². The minimum atomic E-state index is -1.99. The molecule has 6 heteroatoms. The molecule has 0 aliphatic carbocycles. The van der Waals surface area contributed by atoms with E-state index in [4.69, 9.17) is 44.0 Å². The summed E-state index contributed by atoms with van der Waals surface area (Å²) in [5.74, 6) is -0.0998. The number of allylic oxidation sites excluding steroid dienone is 1. The van der Waals surface area contributed by atoms with Crippen LogP contribution in [0, 0.1) is 0 Å². The van der Waals surface area contributed by atoms with Crippen molar-refractivity contribution >= 4 is 46.3 Å². The Hall–Kier alpha value is -0.640. The van der Waals surface area contributed by atoms with Crippen LogP contribution >= 0.6 is 34.8 Å². The van der Waals surface area contributed by atoms with Gasteiger partial charge in [-0.3, -0.25) is 4.79 Å². The first-order chi connectivity index (χ1) is 6.95. The summed E-state index contributed by atoms with van der Waals surface area (Å²) in [6.45, 7) is 0. The van der Waals surface area contributed by atoms with Crippen LogP contribution in [-0.2, 0) is 9.53 Å². The van der Waals surface area contributed by atoms with Crippen LogP contribution in [0.2, 0.25) is 0 Å². The zero-order valence-corrected chi connectivity index (χ0v) is 9.94. The molecule has 0 fully saturated rings. The van der Waals surface area contributed by atoms with Crippen LogP contribution in [0.15, 0.2) is 28.9 Å². The van der Waals surface area contributed by atoms with E-state index in [1.54, 1.807) is 12.1 Å². The third-order valence-electron chi connectivity index (χ3n) is 1.53. The molecule has 0 N–H and O–H groups in total. The Labute approximate surface area is 102 Å². The minimum absolute atomic E-state index is 0.205. The van der Waals surface area contributed by atoms with E-state index in [2.05, 4.69) is 0 Å². The van der Waals surface area contributed by atoms with Crippen LogP contribution in [0.3, 0.4) is 0 Å². The van der Waals surface area contributed by atoms with Gasteiger partial charge in [0.05, 0.1) is 13.4 Å². The molecule has 0 unspecified atom stereocenters. The van der Waals surface area contributed by atoms with E-state index < -0.39 is 9.58 Å². The van der Waals surface area contributed by atoms with E-state index in [-0.39, 0.29) is 5.76 Å². The lowest BCUT2D eigenvalue weighted by Crippen LogP contribution is -2.16. The van der Waals surface area contributed by atoms with E-state index in [1.807, 2.05) is 0 Å². The molecule has 0 aliphatic heterocycles. The van der Waals surface area contributed by atoms with Gasteiger partial charge in [0.15, 0.2) is 11.5 Å². The van der Waals surface area contributed by atoms with Gasteiger partial charge in [0, 0.05) is 6.08 Å². The lowest BCUT2D eigenvalue weighted by molar-refractivity contribution is -0.113. The molecule has 0 saturated heterocycles. The van der Waals surface area contributed by atoms with Crippen molar-refractivity contribution in [2.75, 3.05) is 7.11 Å². The van der Waals surface area contributed by atoms with Crippen molar-refractivity contribution in [1.29, 1.82) is 0 Å². The van der Waals surface area contributed by atoms with Crippen LogP contribution in [0.5, 0.6) is 0 Å². The van der Waals surface area contributed by atoms with Crippen molar-refractivity contribution < 1.29 is 13.9 Å². The number of hydrogen-bond donors (Lipinski definition) is 0. The third kappa shape index (κ3) is 3.45. The van der Waals surface area contributed by atoms with E-state index in [1.165, 1.54) is 13.4 Å². The predicted octanol–water partition coefficient (Wildman–Crippen LogP) is 3.21. The number of ketones is 1. The Balaban J connectivity index is 2.94. The van der Waals surface area contributed by atoms with Gasteiger partial charge < -0.3 is 9.15 Å². The number of carbonyl (C=O) groups excluding carboxylic acids is 1. The summed E-state index contributed by atoms with van der Waals surface area (Å²) < 4.78 is 7.97. The quantitative estimate of drug-likeness (QED) is 0.480. The van der Waals surface area contributed by atoms with Gasteiger partial charge >= 0.3 is 0 Å². The van der Waals surface area contributed by atoms with Crippen molar-refractivity contribution in [3.05, 3.63) is 30.2 Å². The predicted molar refractivity (Wildman–Crippen MR) is 59.0 cm³/mol. The minimum Gasteiger partial charge on any atom is -0.493 e. The van der Waals surface area contributed by atoms with Crippen LogP contribution in [0.1, 0.15) is 5.76 Å². The molecule has 1 aromatic rings. The van der Waals surface area contributed by atoms with Crippen LogP contribution in [0.4, 0.5) is 0 Å². The van der Waals surface area contributed by atoms with Crippen LogP contribution in [0.25, 0.3) is 5.76 Å². The van der Waals surface area contributed by atoms with Gasteiger partial charge in [0.2, 0.25) is 5.78 Å². The molecule has 3 nitrogen and oxygen atoms in total. The summed E-state index contributed by atoms with van der Waals surface area (Å²) >= 11 is 16.2. The Bertz CT molecular complexity index is 362. The highest BCUT2D eigenvalue weighted by molar-refractivity contribution is 6.77. The van der Waals surface area contributed by atoms with Gasteiger partial charge in [-0.1, -0.05) is 34.8 Å². The SMILES string of the molecule is CO/C(=C\C(=O)C(Cl)(Cl)Cl)c1ccco1. The molecule has 0 radical (unpaired) electrons. The third-order valence-corrected chi connectivity index (χ3v) is 2.08. The van der Waals surface area contributed by atoms with Crippen molar-refractivity contribution in [2.45, 2.75) is 3.79 Å². The number of alkyl halides is 3. The molecule has 0 aromatic carbocycles. The second kappa shape index (κ2) is 4.92. The van der Waals surface area contributed by atoms with Crippen LogP contribution < -0.4 is 0 Å². The first-order valence-corrected chi connectivity index (χ1v) is 4.99. The van der Waals surface area contributed by atoms with E-state index in [0.717, 1.165) is 6.08 Å². The number of halogens is 3. The second-order valence-electron chi connectivity index (χ2n) is 2.55. The van der Waals surface area contributed by atoms with Crippen molar-refractivity contribution in [3.63, 3.8) is 0 Å². The van der Waals surface area contributed by atoms with Crippen molar-refractivity contribution in [3.8, 4) is 0 Å². The van der Waals surface area contributed by atoms with Gasteiger partial charge in [0.25, 0.3) is 3.79 Å². The Morgan fingerprint density at radius 2 is 2.20 bits per heavy atom. The number of furan rings is 1. The number of methoxy groups -OCH3 is 1. The molecule has 0 spiro atoms. The van der Waals surface area contributed by atoms with Crippen LogP contribution in [-0.4, -0.2) is 16.7 Å². The molecule has 1 rings (SSSR count). The summed E-state index contributed by atoms with van der Waals surface area (Å²) in [6, 6.07) is 3.28. The highest BCUT2D eigenvalue weighted by atomic mass is 35.6. The first-order valence-electron chi connectivity index (χ1n) is 3.86. The molecule has 15 heavy (non-hydrogen) atoms. The largest absolute Gasteiger partial charge is 0.493 e. The van der Waals surface area contributed by atoms with E-state index >= 15 is 0 Å². The molecule has 0 atom stereocenters. The molecule has 1 aromatic heterocycles. The maximum absolute atomic E-state index is 11.3. The Morgan fingerprint density at radius 1 is 1.53 bits per heavy atom. The zero-order chi connectivity index (χ0) is 11.5. The van der Waals surface area contributed by atoms with Gasteiger partial charge in [0.1, 0.15) is 0 Å². The zero-order valence-electron chi connectivity index (χ0n) is 7.67. The maximum Gasteiger partial charge on any atom is 0.252 e. The van der Waals surface area contributed by atoms with E-state index in [0.29, 0.717) is 5.76 Å².